The monoisotopic (exact) mass is 402 g/mol. The lowest BCUT2D eigenvalue weighted by Gasteiger charge is -2.51. The highest BCUT2D eigenvalue weighted by atomic mass is 16.3. The highest BCUT2D eigenvalue weighted by Crippen LogP contribution is 2.72. The first-order valence-electron chi connectivity index (χ1n) is 12.7. The molecule has 4 aliphatic carbocycles. The number of aliphatic hydroxyl groups is 2. The Labute approximate surface area is 179 Å². The zero-order chi connectivity index (χ0) is 21.0. The van der Waals surface area contributed by atoms with Crippen LogP contribution in [-0.2, 0) is 0 Å². The molecule has 3 saturated carbocycles. The van der Waals surface area contributed by atoms with E-state index in [9.17, 15) is 10.2 Å². The van der Waals surface area contributed by atoms with Crippen LogP contribution in [0.4, 0.5) is 0 Å². The van der Waals surface area contributed by atoms with Gasteiger partial charge in [-0.3, -0.25) is 0 Å². The molecular weight excluding hydrogens is 356 g/mol. The second-order valence-electron chi connectivity index (χ2n) is 12.3. The number of aliphatic hydroxyl groups excluding tert-OH is 1. The Hall–Kier alpha value is -0.340. The van der Waals surface area contributed by atoms with E-state index >= 15 is 0 Å². The Morgan fingerprint density at radius 2 is 1.76 bits per heavy atom. The molecule has 0 saturated heterocycles. The lowest BCUT2D eigenvalue weighted by Crippen LogP contribution is -2.49. The average Bonchev–Trinajstić information content (AvgIpc) is 3.10. The van der Waals surface area contributed by atoms with Crippen LogP contribution < -0.4 is 0 Å². The van der Waals surface area contributed by atoms with Gasteiger partial charge in [0.2, 0.25) is 0 Å². The minimum absolute atomic E-state index is 0.0219. The summed E-state index contributed by atoms with van der Waals surface area (Å²) in [6.45, 7) is 12.3. The van der Waals surface area contributed by atoms with E-state index in [1.54, 1.807) is 0 Å². The molecule has 4 aliphatic rings. The fourth-order valence-electron chi connectivity index (χ4n) is 9.14. The number of hydrogen-bond acceptors (Lipinski definition) is 2. The Morgan fingerprint density at radius 3 is 2.45 bits per heavy atom. The summed E-state index contributed by atoms with van der Waals surface area (Å²) in [5.74, 6) is 4.19. The summed E-state index contributed by atoms with van der Waals surface area (Å²) >= 11 is 0. The third-order valence-electron chi connectivity index (χ3n) is 10.7. The molecule has 9 atom stereocenters. The van der Waals surface area contributed by atoms with Crippen LogP contribution in [0.2, 0.25) is 0 Å². The SMILES string of the molecule is CC(C)CCC[C@@H](C)[C@H]1CCC2C3C(CO)[C@]4(O)C=CCC[C@]4(C)C3CC[C@@]21C. The number of fused-ring (bicyclic) bond motifs is 5. The lowest BCUT2D eigenvalue weighted by atomic mass is 9.53. The van der Waals surface area contributed by atoms with Crippen LogP contribution in [0, 0.1) is 52.3 Å². The van der Waals surface area contributed by atoms with Crippen molar-refractivity contribution in [2.45, 2.75) is 98.0 Å². The highest BCUT2D eigenvalue weighted by molar-refractivity contribution is 5.27. The molecule has 0 radical (unpaired) electrons. The summed E-state index contributed by atoms with van der Waals surface area (Å²) < 4.78 is 0. The summed E-state index contributed by atoms with van der Waals surface area (Å²) in [6, 6.07) is 0. The van der Waals surface area contributed by atoms with Crippen LogP contribution in [0.15, 0.2) is 12.2 Å². The van der Waals surface area contributed by atoms with Crippen molar-refractivity contribution in [3.05, 3.63) is 12.2 Å². The van der Waals surface area contributed by atoms with Crippen LogP contribution in [0.5, 0.6) is 0 Å². The van der Waals surface area contributed by atoms with Crippen molar-refractivity contribution in [1.82, 2.24) is 0 Å². The van der Waals surface area contributed by atoms with Crippen molar-refractivity contribution in [3.8, 4) is 0 Å². The molecule has 0 spiro atoms. The minimum atomic E-state index is -0.804. The van der Waals surface area contributed by atoms with Gasteiger partial charge >= 0.3 is 0 Å². The Bertz CT molecular complexity index is 626. The van der Waals surface area contributed by atoms with Crippen molar-refractivity contribution >= 4 is 0 Å². The summed E-state index contributed by atoms with van der Waals surface area (Å²) in [7, 11) is 0. The van der Waals surface area contributed by atoms with Crippen molar-refractivity contribution < 1.29 is 10.2 Å². The summed E-state index contributed by atoms with van der Waals surface area (Å²) in [5, 5.41) is 22.3. The molecule has 0 aliphatic heterocycles. The molecule has 166 valence electrons. The van der Waals surface area contributed by atoms with E-state index in [0.29, 0.717) is 23.2 Å². The van der Waals surface area contributed by atoms with Gasteiger partial charge in [0.15, 0.2) is 0 Å². The fourth-order valence-corrected chi connectivity index (χ4v) is 9.14. The molecule has 2 nitrogen and oxygen atoms in total. The van der Waals surface area contributed by atoms with Gasteiger partial charge in [0.25, 0.3) is 0 Å². The second-order valence-corrected chi connectivity index (χ2v) is 12.3. The van der Waals surface area contributed by atoms with Gasteiger partial charge in [-0.25, -0.2) is 0 Å². The van der Waals surface area contributed by atoms with E-state index in [2.05, 4.69) is 46.8 Å². The molecule has 29 heavy (non-hydrogen) atoms. The van der Waals surface area contributed by atoms with Crippen molar-refractivity contribution in [1.29, 1.82) is 0 Å². The number of rotatable bonds is 6. The van der Waals surface area contributed by atoms with Gasteiger partial charge in [0, 0.05) is 17.9 Å². The van der Waals surface area contributed by atoms with Gasteiger partial charge in [0.05, 0.1) is 5.60 Å². The predicted molar refractivity (Wildman–Crippen MR) is 120 cm³/mol. The van der Waals surface area contributed by atoms with Crippen LogP contribution >= 0.6 is 0 Å². The first-order chi connectivity index (χ1) is 13.7. The summed E-state index contributed by atoms with van der Waals surface area (Å²) in [6.07, 6.45) is 15.8. The predicted octanol–water partition coefficient (Wildman–Crippen LogP) is 6.22. The van der Waals surface area contributed by atoms with Gasteiger partial charge in [-0.15, -0.1) is 0 Å². The quantitative estimate of drug-likeness (QED) is 0.518. The molecule has 2 N–H and O–H groups in total. The third kappa shape index (κ3) is 3.10. The van der Waals surface area contributed by atoms with Gasteiger partial charge in [-0.2, -0.15) is 0 Å². The van der Waals surface area contributed by atoms with Crippen molar-refractivity contribution in [2.75, 3.05) is 6.61 Å². The summed E-state index contributed by atoms with van der Waals surface area (Å²) in [4.78, 5) is 0. The number of allylic oxidation sites excluding steroid dienone is 1. The van der Waals surface area contributed by atoms with Gasteiger partial charge in [0.1, 0.15) is 0 Å². The smallest absolute Gasteiger partial charge is 0.0936 e. The molecule has 0 amide bonds. The molecule has 2 heteroatoms. The zero-order valence-electron chi connectivity index (χ0n) is 19.7. The van der Waals surface area contributed by atoms with Gasteiger partial charge < -0.3 is 10.2 Å². The van der Waals surface area contributed by atoms with E-state index < -0.39 is 5.60 Å². The normalized spacial score (nSPS) is 49.7. The first-order valence-corrected chi connectivity index (χ1v) is 12.7. The maximum Gasteiger partial charge on any atom is 0.0936 e. The largest absolute Gasteiger partial charge is 0.396 e. The van der Waals surface area contributed by atoms with Gasteiger partial charge in [-0.1, -0.05) is 66.0 Å². The standard InChI is InChI=1S/C27H46O2/c1-18(2)9-8-10-19(3)20-11-12-21-24-22(13-16-25(20,21)4)26(5)14-6-7-15-27(26,29)23(24)17-28/h7,15,18-24,28-29H,6,8-14,16-17H2,1-5H3/t19-,20-,21?,22?,23?,24?,25-,26-,27-/m1/s1. The Balaban J connectivity index is 1.58. The maximum absolute atomic E-state index is 11.9. The third-order valence-corrected chi connectivity index (χ3v) is 10.7. The molecule has 0 heterocycles. The van der Waals surface area contributed by atoms with Crippen LogP contribution in [0.25, 0.3) is 0 Å². The molecule has 0 bridgehead atoms. The topological polar surface area (TPSA) is 40.5 Å². The maximum atomic E-state index is 11.9. The fraction of sp³-hybridized carbons (Fsp3) is 0.926. The molecule has 4 rings (SSSR count). The average molecular weight is 403 g/mol. The van der Waals surface area contributed by atoms with Crippen molar-refractivity contribution in [3.63, 3.8) is 0 Å². The highest BCUT2D eigenvalue weighted by Gasteiger charge is 2.70. The van der Waals surface area contributed by atoms with E-state index in [1.165, 1.54) is 44.9 Å². The lowest BCUT2D eigenvalue weighted by molar-refractivity contribution is -0.0756. The number of hydrogen-bond donors (Lipinski definition) is 2. The molecular formula is C27H46O2. The van der Waals surface area contributed by atoms with E-state index in [0.717, 1.165) is 30.6 Å². The van der Waals surface area contributed by atoms with Crippen LogP contribution in [-0.4, -0.2) is 22.4 Å². The van der Waals surface area contributed by atoms with E-state index in [-0.39, 0.29) is 17.9 Å². The second kappa shape index (κ2) is 7.66. The van der Waals surface area contributed by atoms with Crippen molar-refractivity contribution in [2.24, 2.45) is 52.3 Å². The minimum Gasteiger partial charge on any atom is -0.396 e. The summed E-state index contributed by atoms with van der Waals surface area (Å²) in [5.41, 5.74) is -0.459. The zero-order valence-corrected chi connectivity index (χ0v) is 19.7. The van der Waals surface area contributed by atoms with E-state index in [1.807, 2.05) is 0 Å². The molecule has 3 fully saturated rings. The van der Waals surface area contributed by atoms with Crippen LogP contribution in [0.3, 0.4) is 0 Å². The Kier molecular flexibility index (Phi) is 5.78. The van der Waals surface area contributed by atoms with Crippen LogP contribution in [0.1, 0.15) is 92.4 Å². The first kappa shape index (κ1) is 21.9. The molecule has 0 aromatic carbocycles. The Morgan fingerprint density at radius 1 is 1.00 bits per heavy atom. The molecule has 0 aromatic rings. The molecule has 4 unspecified atom stereocenters. The van der Waals surface area contributed by atoms with Gasteiger partial charge in [-0.05, 0) is 79.4 Å². The molecule has 0 aromatic heterocycles. The van der Waals surface area contributed by atoms with E-state index in [4.69, 9.17) is 0 Å².